The Kier molecular flexibility index (Phi) is 3.69. The molecule has 0 aliphatic carbocycles. The second-order valence-electron chi connectivity index (χ2n) is 4.79. The Labute approximate surface area is 129 Å². The van der Waals surface area contributed by atoms with Gasteiger partial charge in [0.25, 0.3) is 0 Å². The van der Waals surface area contributed by atoms with Crippen LogP contribution in [0.15, 0.2) is 18.3 Å². The van der Waals surface area contributed by atoms with Crippen LogP contribution < -0.4 is 5.73 Å². The van der Waals surface area contributed by atoms with E-state index < -0.39 is 5.97 Å². The van der Waals surface area contributed by atoms with Crippen LogP contribution in [-0.4, -0.2) is 28.3 Å². The van der Waals surface area contributed by atoms with E-state index in [1.165, 1.54) is 18.4 Å². The van der Waals surface area contributed by atoms with Crippen LogP contribution in [0.3, 0.4) is 0 Å². The molecule has 4 N–H and O–H groups in total. The maximum atomic E-state index is 11.8. The van der Waals surface area contributed by atoms with Crippen molar-refractivity contribution in [3.63, 3.8) is 0 Å². The number of rotatable bonds is 3. The Morgan fingerprint density at radius 3 is 2.59 bits per heavy atom. The van der Waals surface area contributed by atoms with Gasteiger partial charge in [-0.15, -0.1) is 11.3 Å². The molecule has 1 aromatic carbocycles. The third-order valence-corrected chi connectivity index (χ3v) is 4.82. The molecule has 3 aromatic rings. The Morgan fingerprint density at radius 1 is 1.27 bits per heavy atom. The highest BCUT2D eigenvalue weighted by Crippen LogP contribution is 2.38. The Balaban J connectivity index is 2.37. The Bertz CT molecular complexity index is 888. The molecule has 0 aliphatic heterocycles. The molecule has 2 heterocycles. The highest BCUT2D eigenvalue weighted by atomic mass is 32.1. The number of methoxy groups -OCH3 is 1. The van der Waals surface area contributed by atoms with Gasteiger partial charge in [-0.2, -0.15) is 0 Å². The highest BCUT2D eigenvalue weighted by Gasteiger charge is 2.19. The number of aromatic nitrogens is 1. The van der Waals surface area contributed by atoms with Crippen molar-refractivity contribution in [3.05, 3.63) is 34.3 Å². The quantitative estimate of drug-likeness (QED) is 0.636. The summed E-state index contributed by atoms with van der Waals surface area (Å²) in [7, 11) is 1.31. The van der Waals surface area contributed by atoms with E-state index in [0.717, 1.165) is 10.1 Å². The number of carbonyl (C=O) groups is 1. The number of anilines is 1. The van der Waals surface area contributed by atoms with Gasteiger partial charge < -0.3 is 20.7 Å². The zero-order chi connectivity index (χ0) is 15.9. The number of carbonyl (C=O) groups excluding carboxylic acids is 1. The second kappa shape index (κ2) is 5.53. The van der Waals surface area contributed by atoms with Crippen LogP contribution in [-0.2, 0) is 18.0 Å². The predicted molar refractivity (Wildman–Crippen MR) is 84.7 cm³/mol. The summed E-state index contributed by atoms with van der Waals surface area (Å²) in [6, 6.07) is 3.50. The van der Waals surface area contributed by atoms with Gasteiger partial charge in [-0.25, -0.2) is 4.79 Å². The SMILES string of the molecule is COC(=O)c1sc2c(cnc3cc(CO)c(CO)cc32)c1N. The van der Waals surface area contributed by atoms with Gasteiger partial charge in [-0.05, 0) is 23.3 Å². The lowest BCUT2D eigenvalue weighted by molar-refractivity contribution is 0.0607. The number of fused-ring (bicyclic) bond motifs is 3. The summed E-state index contributed by atoms with van der Waals surface area (Å²) in [6.07, 6.45) is 1.61. The zero-order valence-corrected chi connectivity index (χ0v) is 12.6. The highest BCUT2D eigenvalue weighted by molar-refractivity contribution is 7.22. The van der Waals surface area contributed by atoms with Crippen LogP contribution in [0.25, 0.3) is 21.0 Å². The van der Waals surface area contributed by atoms with Gasteiger partial charge in [-0.3, -0.25) is 4.98 Å². The van der Waals surface area contributed by atoms with Crippen molar-refractivity contribution < 1.29 is 19.7 Å². The van der Waals surface area contributed by atoms with Crippen LogP contribution >= 0.6 is 11.3 Å². The first-order chi connectivity index (χ1) is 10.6. The Morgan fingerprint density at radius 2 is 1.95 bits per heavy atom. The van der Waals surface area contributed by atoms with E-state index in [1.807, 2.05) is 0 Å². The number of nitrogens with two attached hydrogens (primary N) is 1. The first-order valence-electron chi connectivity index (χ1n) is 6.53. The number of esters is 1. The van der Waals surface area contributed by atoms with Crippen LogP contribution in [0.2, 0.25) is 0 Å². The minimum atomic E-state index is -0.485. The molecule has 0 saturated carbocycles. The van der Waals surface area contributed by atoms with E-state index in [2.05, 4.69) is 4.98 Å². The first kappa shape index (κ1) is 14.7. The average Bonchev–Trinajstić information content (AvgIpc) is 2.90. The molecule has 22 heavy (non-hydrogen) atoms. The average molecular weight is 318 g/mol. The molecule has 0 unspecified atom stereocenters. The number of hydrogen-bond acceptors (Lipinski definition) is 7. The number of thiophene rings is 1. The van der Waals surface area contributed by atoms with E-state index in [9.17, 15) is 15.0 Å². The van der Waals surface area contributed by atoms with E-state index in [1.54, 1.807) is 18.3 Å². The molecule has 0 atom stereocenters. The molecule has 2 aromatic heterocycles. The number of benzene rings is 1. The van der Waals surface area contributed by atoms with E-state index in [-0.39, 0.29) is 13.2 Å². The number of nitrogen functional groups attached to an aromatic ring is 1. The van der Waals surface area contributed by atoms with Gasteiger partial charge >= 0.3 is 5.97 Å². The lowest BCUT2D eigenvalue weighted by Crippen LogP contribution is -2.01. The summed E-state index contributed by atoms with van der Waals surface area (Å²) in [6.45, 7) is -0.363. The van der Waals surface area contributed by atoms with Crippen LogP contribution in [0.5, 0.6) is 0 Å². The fraction of sp³-hybridized carbons (Fsp3) is 0.200. The van der Waals surface area contributed by atoms with Crippen molar-refractivity contribution in [1.29, 1.82) is 0 Å². The number of hydrogen-bond donors (Lipinski definition) is 3. The van der Waals surface area contributed by atoms with Crippen molar-refractivity contribution in [2.24, 2.45) is 0 Å². The minimum absolute atomic E-state index is 0.175. The summed E-state index contributed by atoms with van der Waals surface area (Å²) in [5, 5.41) is 20.3. The van der Waals surface area contributed by atoms with Gasteiger partial charge in [0.15, 0.2) is 0 Å². The molecular weight excluding hydrogens is 304 g/mol. The minimum Gasteiger partial charge on any atom is -0.465 e. The number of aliphatic hydroxyl groups is 2. The predicted octanol–water partition coefficient (Wildman–Crippen LogP) is 1.80. The monoisotopic (exact) mass is 318 g/mol. The fourth-order valence-electron chi connectivity index (χ4n) is 2.42. The lowest BCUT2D eigenvalue weighted by Gasteiger charge is -2.07. The van der Waals surface area contributed by atoms with E-state index in [0.29, 0.717) is 32.6 Å². The lowest BCUT2D eigenvalue weighted by atomic mass is 10.0. The van der Waals surface area contributed by atoms with E-state index >= 15 is 0 Å². The summed E-state index contributed by atoms with van der Waals surface area (Å²) in [5.41, 5.74) is 8.28. The number of pyridine rings is 1. The summed E-state index contributed by atoms with van der Waals surface area (Å²) in [4.78, 5) is 16.4. The van der Waals surface area contributed by atoms with Crippen molar-refractivity contribution in [2.45, 2.75) is 13.2 Å². The van der Waals surface area contributed by atoms with Gasteiger partial charge in [0.05, 0.1) is 31.5 Å². The van der Waals surface area contributed by atoms with Crippen molar-refractivity contribution >= 4 is 44.0 Å². The molecule has 3 rings (SSSR count). The standard InChI is InChI=1S/C15H14N2O4S/c1-21-15(20)14-12(16)10-4-17-11-3-8(6-19)7(5-18)2-9(11)13(10)22-14/h2-4,18-19H,5-6,16H2,1H3. The topological polar surface area (TPSA) is 106 Å². The molecule has 0 fully saturated rings. The van der Waals surface area contributed by atoms with Crippen molar-refractivity contribution in [2.75, 3.05) is 12.8 Å². The molecule has 7 heteroatoms. The summed E-state index contributed by atoms with van der Waals surface area (Å²) >= 11 is 1.24. The van der Waals surface area contributed by atoms with Crippen LogP contribution in [0, 0.1) is 0 Å². The first-order valence-corrected chi connectivity index (χ1v) is 7.34. The number of ether oxygens (including phenoxy) is 1. The van der Waals surface area contributed by atoms with Gasteiger partial charge in [0.2, 0.25) is 0 Å². The molecule has 0 saturated heterocycles. The molecule has 0 aliphatic rings. The van der Waals surface area contributed by atoms with Gasteiger partial charge in [-0.1, -0.05) is 0 Å². The van der Waals surface area contributed by atoms with Crippen LogP contribution in [0.1, 0.15) is 20.8 Å². The van der Waals surface area contributed by atoms with E-state index in [4.69, 9.17) is 10.5 Å². The normalized spacial score (nSPS) is 11.2. The van der Waals surface area contributed by atoms with Crippen molar-refractivity contribution in [3.8, 4) is 0 Å². The molecule has 0 spiro atoms. The molecular formula is C15H14N2O4S. The molecule has 0 amide bonds. The third kappa shape index (κ3) is 2.10. The van der Waals surface area contributed by atoms with Crippen molar-refractivity contribution in [1.82, 2.24) is 4.98 Å². The van der Waals surface area contributed by atoms with Gasteiger partial charge in [0.1, 0.15) is 4.88 Å². The largest absolute Gasteiger partial charge is 0.465 e. The maximum absolute atomic E-state index is 11.8. The molecule has 0 radical (unpaired) electrons. The van der Waals surface area contributed by atoms with Gasteiger partial charge in [0, 0.05) is 21.7 Å². The molecule has 6 nitrogen and oxygen atoms in total. The Hall–Kier alpha value is -2.22. The summed E-state index contributed by atoms with van der Waals surface area (Å²) in [5.74, 6) is -0.485. The van der Waals surface area contributed by atoms with Crippen LogP contribution in [0.4, 0.5) is 5.69 Å². The fourth-order valence-corrected chi connectivity index (χ4v) is 3.56. The second-order valence-corrected chi connectivity index (χ2v) is 5.81. The molecule has 114 valence electrons. The smallest absolute Gasteiger partial charge is 0.350 e. The third-order valence-electron chi connectivity index (χ3n) is 3.59. The summed E-state index contributed by atoms with van der Waals surface area (Å²) < 4.78 is 5.55. The molecule has 0 bridgehead atoms. The number of nitrogens with zero attached hydrogens (tertiary/aromatic N) is 1. The number of aliphatic hydroxyl groups excluding tert-OH is 2. The maximum Gasteiger partial charge on any atom is 0.350 e. The zero-order valence-electron chi connectivity index (χ0n) is 11.8.